The zero-order valence-corrected chi connectivity index (χ0v) is 8.87. The van der Waals surface area contributed by atoms with Crippen molar-refractivity contribution in [1.29, 1.82) is 0 Å². The van der Waals surface area contributed by atoms with Gasteiger partial charge >= 0.3 is 0 Å². The Morgan fingerprint density at radius 2 is 1.93 bits per heavy atom. The van der Waals surface area contributed by atoms with Gasteiger partial charge in [-0.3, -0.25) is 0 Å². The lowest BCUT2D eigenvalue weighted by atomic mass is 9.75. The highest BCUT2D eigenvalue weighted by Gasteiger charge is 2.38. The fourth-order valence-corrected chi connectivity index (χ4v) is 2.17. The van der Waals surface area contributed by atoms with E-state index in [9.17, 15) is 9.50 Å². The molecule has 0 amide bonds. The maximum atomic E-state index is 13.0. The van der Waals surface area contributed by atoms with Crippen molar-refractivity contribution in [1.82, 2.24) is 0 Å². The summed E-state index contributed by atoms with van der Waals surface area (Å²) in [6.07, 6.45) is 2.17. The van der Waals surface area contributed by atoms with Crippen molar-refractivity contribution in [2.24, 2.45) is 0 Å². The van der Waals surface area contributed by atoms with Gasteiger partial charge in [0, 0.05) is 5.56 Å². The number of rotatable bonds is 1. The minimum absolute atomic E-state index is 0.155. The van der Waals surface area contributed by atoms with Crippen LogP contribution >= 0.6 is 23.2 Å². The van der Waals surface area contributed by atoms with E-state index >= 15 is 0 Å². The summed E-state index contributed by atoms with van der Waals surface area (Å²) in [6.45, 7) is 0. The molecule has 0 spiro atoms. The Morgan fingerprint density at radius 3 is 2.43 bits per heavy atom. The number of halogens is 3. The highest BCUT2D eigenvalue weighted by molar-refractivity contribution is 6.42. The molecule has 1 aromatic rings. The first-order valence-electron chi connectivity index (χ1n) is 4.40. The van der Waals surface area contributed by atoms with E-state index in [0.29, 0.717) is 18.4 Å². The topological polar surface area (TPSA) is 20.2 Å². The Bertz CT molecular complexity index is 375. The molecule has 0 unspecified atom stereocenters. The third kappa shape index (κ3) is 1.52. The lowest BCUT2D eigenvalue weighted by Gasteiger charge is -2.37. The summed E-state index contributed by atoms with van der Waals surface area (Å²) in [5.74, 6) is -0.463. The molecule has 1 N–H and O–H groups in total. The van der Waals surface area contributed by atoms with E-state index in [2.05, 4.69) is 0 Å². The Labute approximate surface area is 91.5 Å². The van der Waals surface area contributed by atoms with Gasteiger partial charge in [-0.25, -0.2) is 4.39 Å². The molecular weight excluding hydrogens is 226 g/mol. The van der Waals surface area contributed by atoms with E-state index < -0.39 is 11.4 Å². The molecule has 1 aliphatic rings. The first-order chi connectivity index (χ1) is 6.53. The van der Waals surface area contributed by atoms with Crippen molar-refractivity contribution in [3.8, 4) is 0 Å². The van der Waals surface area contributed by atoms with E-state index in [4.69, 9.17) is 23.2 Å². The molecule has 1 aliphatic carbocycles. The van der Waals surface area contributed by atoms with Crippen molar-refractivity contribution in [3.05, 3.63) is 33.6 Å². The Morgan fingerprint density at radius 1 is 1.29 bits per heavy atom. The van der Waals surface area contributed by atoms with E-state index in [1.807, 2.05) is 0 Å². The molecule has 0 aliphatic heterocycles. The number of benzene rings is 1. The average molecular weight is 235 g/mol. The van der Waals surface area contributed by atoms with Crippen LogP contribution in [0.15, 0.2) is 12.1 Å². The van der Waals surface area contributed by atoms with Crippen LogP contribution < -0.4 is 0 Å². The van der Waals surface area contributed by atoms with Gasteiger partial charge < -0.3 is 5.11 Å². The van der Waals surface area contributed by atoms with E-state index in [-0.39, 0.29) is 10.0 Å². The van der Waals surface area contributed by atoms with Gasteiger partial charge in [0.25, 0.3) is 0 Å². The third-order valence-electron chi connectivity index (χ3n) is 2.68. The van der Waals surface area contributed by atoms with Crippen LogP contribution in [0.4, 0.5) is 4.39 Å². The quantitative estimate of drug-likeness (QED) is 0.738. The summed E-state index contributed by atoms with van der Waals surface area (Å²) >= 11 is 11.6. The second kappa shape index (κ2) is 3.37. The zero-order valence-electron chi connectivity index (χ0n) is 7.36. The maximum Gasteiger partial charge on any atom is 0.125 e. The van der Waals surface area contributed by atoms with Crippen LogP contribution in [-0.4, -0.2) is 5.11 Å². The van der Waals surface area contributed by atoms with Gasteiger partial charge in [0.2, 0.25) is 0 Å². The first-order valence-corrected chi connectivity index (χ1v) is 5.16. The lowest BCUT2D eigenvalue weighted by molar-refractivity contribution is -0.0389. The molecule has 2 rings (SSSR count). The maximum absolute atomic E-state index is 13.0. The lowest BCUT2D eigenvalue weighted by Crippen LogP contribution is -2.34. The van der Waals surface area contributed by atoms with Crippen molar-refractivity contribution >= 4 is 23.2 Å². The van der Waals surface area contributed by atoms with Gasteiger partial charge in [-0.2, -0.15) is 0 Å². The number of hydrogen-bond acceptors (Lipinski definition) is 1. The predicted molar refractivity (Wildman–Crippen MR) is 54.2 cm³/mol. The summed E-state index contributed by atoms with van der Waals surface area (Å²) in [6, 6.07) is 2.41. The minimum atomic E-state index is -0.969. The van der Waals surface area contributed by atoms with E-state index in [1.54, 1.807) is 0 Å². The van der Waals surface area contributed by atoms with Gasteiger partial charge in [0.15, 0.2) is 0 Å². The smallest absolute Gasteiger partial charge is 0.125 e. The van der Waals surface area contributed by atoms with Crippen LogP contribution in [0.2, 0.25) is 10.0 Å². The molecule has 0 saturated heterocycles. The van der Waals surface area contributed by atoms with Gasteiger partial charge in [-0.1, -0.05) is 23.2 Å². The summed E-state index contributed by atoms with van der Waals surface area (Å²) in [7, 11) is 0. The first kappa shape index (κ1) is 10.2. The highest BCUT2D eigenvalue weighted by Crippen LogP contribution is 2.45. The molecule has 0 radical (unpaired) electrons. The summed E-state index contributed by atoms with van der Waals surface area (Å²) < 4.78 is 13.0. The van der Waals surface area contributed by atoms with Crippen molar-refractivity contribution in [3.63, 3.8) is 0 Å². The van der Waals surface area contributed by atoms with Crippen molar-refractivity contribution < 1.29 is 9.50 Å². The molecule has 0 bridgehead atoms. The normalized spacial score (nSPS) is 19.1. The van der Waals surface area contributed by atoms with Gasteiger partial charge in [0.05, 0.1) is 15.6 Å². The summed E-state index contributed by atoms with van der Waals surface area (Å²) in [5.41, 5.74) is -0.557. The fraction of sp³-hybridized carbons (Fsp3) is 0.400. The Hall–Kier alpha value is -0.310. The van der Waals surface area contributed by atoms with Gasteiger partial charge in [-0.15, -0.1) is 0 Å². The molecule has 14 heavy (non-hydrogen) atoms. The molecule has 0 heterocycles. The minimum Gasteiger partial charge on any atom is -0.385 e. The predicted octanol–water partition coefficient (Wildman–Crippen LogP) is 3.50. The van der Waals surface area contributed by atoms with Crippen molar-refractivity contribution in [2.45, 2.75) is 24.9 Å². The monoisotopic (exact) mass is 234 g/mol. The van der Waals surface area contributed by atoms with Gasteiger partial charge in [-0.05, 0) is 31.4 Å². The summed E-state index contributed by atoms with van der Waals surface area (Å²) in [5, 5.41) is 10.4. The second-order valence-electron chi connectivity index (χ2n) is 3.63. The second-order valence-corrected chi connectivity index (χ2v) is 4.42. The van der Waals surface area contributed by atoms with Crippen LogP contribution in [0.1, 0.15) is 24.8 Å². The molecule has 1 saturated carbocycles. The molecule has 0 aromatic heterocycles. The molecule has 76 valence electrons. The number of hydrogen-bond donors (Lipinski definition) is 1. The van der Waals surface area contributed by atoms with Crippen LogP contribution in [0.5, 0.6) is 0 Å². The molecule has 1 nitrogen and oxygen atoms in total. The average Bonchev–Trinajstić information content (AvgIpc) is 2.07. The molecular formula is C10H9Cl2FO. The van der Waals surface area contributed by atoms with Crippen molar-refractivity contribution in [2.75, 3.05) is 0 Å². The van der Waals surface area contributed by atoms with Gasteiger partial charge in [0.1, 0.15) is 5.82 Å². The Balaban J connectivity index is 2.51. The SMILES string of the molecule is OC1(c2cc(F)cc(Cl)c2Cl)CCC1. The molecule has 1 aromatic carbocycles. The van der Waals surface area contributed by atoms with Crippen LogP contribution in [0.3, 0.4) is 0 Å². The van der Waals surface area contributed by atoms with Crippen LogP contribution in [0.25, 0.3) is 0 Å². The van der Waals surface area contributed by atoms with E-state index in [1.165, 1.54) is 6.07 Å². The Kier molecular flexibility index (Phi) is 2.46. The third-order valence-corrected chi connectivity index (χ3v) is 3.48. The standard InChI is InChI=1S/C10H9Cl2FO/c11-8-5-6(13)4-7(9(8)12)10(14)2-1-3-10/h4-5,14H,1-3H2. The van der Waals surface area contributed by atoms with Crippen LogP contribution in [0, 0.1) is 5.82 Å². The number of aliphatic hydroxyl groups is 1. The highest BCUT2D eigenvalue weighted by atomic mass is 35.5. The zero-order chi connectivity index (χ0) is 10.3. The molecule has 1 fully saturated rings. The largest absolute Gasteiger partial charge is 0.385 e. The fourth-order valence-electron chi connectivity index (χ4n) is 1.68. The molecule has 4 heteroatoms. The van der Waals surface area contributed by atoms with Crippen LogP contribution in [-0.2, 0) is 5.60 Å². The molecule has 0 atom stereocenters. The van der Waals surface area contributed by atoms with E-state index in [0.717, 1.165) is 12.5 Å². The summed E-state index contributed by atoms with van der Waals surface area (Å²) in [4.78, 5) is 0.